The van der Waals surface area contributed by atoms with Crippen molar-refractivity contribution in [2.24, 2.45) is 0 Å². The summed E-state index contributed by atoms with van der Waals surface area (Å²) in [6.45, 7) is 3.51. The van der Waals surface area contributed by atoms with Gasteiger partial charge < -0.3 is 24.6 Å². The van der Waals surface area contributed by atoms with Crippen molar-refractivity contribution in [2.45, 2.75) is 212 Å². The van der Waals surface area contributed by atoms with E-state index in [-0.39, 0.29) is 25.6 Å². The van der Waals surface area contributed by atoms with E-state index in [1.54, 1.807) is 0 Å². The Morgan fingerprint density at radius 1 is 0.585 bits per heavy atom. The third kappa shape index (κ3) is 40.4. The number of esters is 1. The summed E-state index contributed by atoms with van der Waals surface area (Å²) in [5.74, 6) is -0.385. The van der Waals surface area contributed by atoms with Crippen molar-refractivity contribution in [2.75, 3.05) is 33.0 Å². The van der Waals surface area contributed by atoms with Gasteiger partial charge in [0.2, 0.25) is 0 Å². The van der Waals surface area contributed by atoms with Gasteiger partial charge in [0.1, 0.15) is 12.2 Å². The largest absolute Gasteiger partial charge is 0.472 e. The number of rotatable bonds is 42. The molecule has 0 aromatic heterocycles. The van der Waals surface area contributed by atoms with Crippen LogP contribution in [0.5, 0.6) is 0 Å². The Hall–Kier alpha value is -1.06. The van der Waals surface area contributed by atoms with Crippen LogP contribution in [-0.2, 0) is 27.9 Å². The number of phosphoric acid groups is 1. The molecule has 10 heteroatoms. The second kappa shape index (κ2) is 40.6. The zero-order valence-electron chi connectivity index (χ0n) is 34.2. The van der Waals surface area contributed by atoms with Crippen LogP contribution in [-0.4, -0.2) is 66.3 Å². The number of hydrogen-bond donors (Lipinski definition) is 3. The summed E-state index contributed by atoms with van der Waals surface area (Å²) < 4.78 is 33.4. The first-order valence-corrected chi connectivity index (χ1v) is 23.3. The van der Waals surface area contributed by atoms with Crippen LogP contribution in [0.15, 0.2) is 24.3 Å². The molecule has 0 aliphatic rings. The molecular weight excluding hydrogens is 691 g/mol. The van der Waals surface area contributed by atoms with Gasteiger partial charge in [0.15, 0.2) is 0 Å². The van der Waals surface area contributed by atoms with Crippen LogP contribution < -0.4 is 0 Å². The molecule has 0 spiro atoms. The molecule has 3 N–H and O–H groups in total. The summed E-state index contributed by atoms with van der Waals surface area (Å²) in [5.41, 5.74) is 0. The highest BCUT2D eigenvalue weighted by Crippen LogP contribution is 2.43. The van der Waals surface area contributed by atoms with Gasteiger partial charge in [-0.1, -0.05) is 173 Å². The summed E-state index contributed by atoms with van der Waals surface area (Å²) in [5, 5.41) is 18.3. The lowest BCUT2D eigenvalue weighted by atomic mass is 10.0. The third-order valence-corrected chi connectivity index (χ3v) is 10.3. The van der Waals surface area contributed by atoms with Gasteiger partial charge in [0.25, 0.3) is 0 Å². The van der Waals surface area contributed by atoms with Gasteiger partial charge in [-0.2, -0.15) is 0 Å². The highest BCUT2D eigenvalue weighted by molar-refractivity contribution is 7.47. The summed E-state index contributed by atoms with van der Waals surface area (Å²) in [6, 6.07) is 0. The molecule has 314 valence electrons. The number of ether oxygens (including phenoxy) is 2. The molecule has 0 amide bonds. The molecule has 9 nitrogen and oxygen atoms in total. The van der Waals surface area contributed by atoms with Crippen molar-refractivity contribution in [3.63, 3.8) is 0 Å². The molecule has 0 bridgehead atoms. The molecule has 0 fully saturated rings. The molecule has 53 heavy (non-hydrogen) atoms. The standard InChI is InChI=1S/C43H83O9P/c1-3-5-7-9-11-13-15-17-18-19-20-21-22-23-25-27-29-31-33-35-43(46)52-42(40-51-53(47,48)50-38-41(45)37-44)39-49-36-34-32-30-28-26-24-16-14-12-10-8-6-4-2/h11,13,17-18,41-42,44-45H,3-10,12,14-16,19-40H2,1-2H3,(H,47,48)/b13-11-,18-17-. The number of aliphatic hydroxyl groups excluding tert-OH is 2. The smallest absolute Gasteiger partial charge is 0.457 e. The monoisotopic (exact) mass is 775 g/mol. The predicted molar refractivity (Wildman–Crippen MR) is 219 cm³/mol. The lowest BCUT2D eigenvalue weighted by Crippen LogP contribution is -2.29. The van der Waals surface area contributed by atoms with Crippen LogP contribution in [0.2, 0.25) is 0 Å². The lowest BCUT2D eigenvalue weighted by molar-refractivity contribution is -0.154. The molecule has 3 atom stereocenters. The second-order valence-corrected chi connectivity index (χ2v) is 16.2. The van der Waals surface area contributed by atoms with Gasteiger partial charge in [0.05, 0.1) is 26.4 Å². The maximum Gasteiger partial charge on any atom is 0.472 e. The highest BCUT2D eigenvalue weighted by atomic mass is 31.2. The Morgan fingerprint density at radius 3 is 1.55 bits per heavy atom. The summed E-state index contributed by atoms with van der Waals surface area (Å²) in [6.07, 6.45) is 41.3. The van der Waals surface area contributed by atoms with Crippen LogP contribution in [0, 0.1) is 0 Å². The van der Waals surface area contributed by atoms with Gasteiger partial charge in [-0.15, -0.1) is 0 Å². The quantitative estimate of drug-likeness (QED) is 0.0240. The number of hydrogen-bond acceptors (Lipinski definition) is 8. The number of unbranched alkanes of at least 4 members (excludes halogenated alkanes) is 24. The van der Waals surface area contributed by atoms with Crippen molar-refractivity contribution in [3.05, 3.63) is 24.3 Å². The van der Waals surface area contributed by atoms with Crippen LogP contribution in [0.1, 0.15) is 200 Å². The number of carbonyl (C=O) groups is 1. The molecule has 0 aliphatic carbocycles. The Labute approximate surface area is 325 Å². The van der Waals surface area contributed by atoms with E-state index in [1.807, 2.05) is 0 Å². The lowest BCUT2D eigenvalue weighted by Gasteiger charge is -2.20. The molecule has 0 rings (SSSR count). The first-order chi connectivity index (χ1) is 25.8. The average Bonchev–Trinajstić information content (AvgIpc) is 3.15. The molecule has 0 aliphatic heterocycles. The minimum atomic E-state index is -4.51. The zero-order valence-corrected chi connectivity index (χ0v) is 35.1. The molecule has 0 saturated carbocycles. The molecule has 0 aromatic carbocycles. The first-order valence-electron chi connectivity index (χ1n) is 21.8. The Morgan fingerprint density at radius 2 is 1.02 bits per heavy atom. The van der Waals surface area contributed by atoms with Gasteiger partial charge in [-0.25, -0.2) is 4.57 Å². The van der Waals surface area contributed by atoms with Crippen LogP contribution in [0.25, 0.3) is 0 Å². The van der Waals surface area contributed by atoms with Gasteiger partial charge in [-0.05, 0) is 44.9 Å². The molecule has 0 radical (unpaired) electrons. The van der Waals surface area contributed by atoms with Crippen molar-refractivity contribution < 1.29 is 43.0 Å². The summed E-state index contributed by atoms with van der Waals surface area (Å²) in [7, 11) is -4.51. The van der Waals surface area contributed by atoms with Crippen LogP contribution in [0.4, 0.5) is 0 Å². The molecule has 0 heterocycles. The van der Waals surface area contributed by atoms with E-state index in [1.165, 1.54) is 141 Å². The van der Waals surface area contributed by atoms with E-state index in [4.69, 9.17) is 23.6 Å². The third-order valence-electron chi connectivity index (χ3n) is 9.39. The maximum absolute atomic E-state index is 12.6. The van der Waals surface area contributed by atoms with E-state index < -0.39 is 33.2 Å². The Kier molecular flexibility index (Phi) is 39.8. The van der Waals surface area contributed by atoms with E-state index in [0.29, 0.717) is 6.61 Å². The number of aliphatic hydroxyl groups is 2. The number of carbonyl (C=O) groups excluding carboxylic acids is 1. The molecule has 0 aromatic rings. The van der Waals surface area contributed by atoms with Crippen molar-refractivity contribution >= 4 is 13.8 Å². The summed E-state index contributed by atoms with van der Waals surface area (Å²) >= 11 is 0. The fourth-order valence-electron chi connectivity index (χ4n) is 6.03. The fraction of sp³-hybridized carbons (Fsp3) is 0.884. The predicted octanol–water partition coefficient (Wildman–Crippen LogP) is 11.9. The first kappa shape index (κ1) is 51.9. The maximum atomic E-state index is 12.6. The molecular formula is C43H83O9P. The Balaban J connectivity index is 4.14. The SMILES string of the molecule is CCCCC/C=C\C/C=C\CCCCCCCCCCCC(=O)OC(COCCCCCCCCCCCCCCC)COP(=O)(O)OCC(O)CO. The van der Waals surface area contributed by atoms with E-state index >= 15 is 0 Å². The highest BCUT2D eigenvalue weighted by Gasteiger charge is 2.26. The van der Waals surface area contributed by atoms with Crippen molar-refractivity contribution in [1.29, 1.82) is 0 Å². The molecule has 3 unspecified atom stereocenters. The zero-order chi connectivity index (χ0) is 38.9. The minimum Gasteiger partial charge on any atom is -0.457 e. The van der Waals surface area contributed by atoms with Crippen molar-refractivity contribution in [3.8, 4) is 0 Å². The second-order valence-electron chi connectivity index (χ2n) is 14.7. The molecule has 0 saturated heterocycles. The van der Waals surface area contributed by atoms with Gasteiger partial charge in [-0.3, -0.25) is 13.8 Å². The fourth-order valence-corrected chi connectivity index (χ4v) is 6.82. The van der Waals surface area contributed by atoms with Crippen LogP contribution >= 0.6 is 7.82 Å². The normalized spacial score (nSPS) is 14.3. The van der Waals surface area contributed by atoms with E-state index in [9.17, 15) is 19.4 Å². The van der Waals surface area contributed by atoms with Crippen molar-refractivity contribution in [1.82, 2.24) is 0 Å². The van der Waals surface area contributed by atoms with Gasteiger partial charge in [0, 0.05) is 13.0 Å². The summed E-state index contributed by atoms with van der Waals surface area (Å²) in [4.78, 5) is 22.6. The average molecular weight is 775 g/mol. The van der Waals surface area contributed by atoms with E-state index in [2.05, 4.69) is 38.2 Å². The van der Waals surface area contributed by atoms with E-state index in [0.717, 1.165) is 38.5 Å². The topological polar surface area (TPSA) is 132 Å². The van der Waals surface area contributed by atoms with Crippen LogP contribution in [0.3, 0.4) is 0 Å². The number of allylic oxidation sites excluding steroid dienone is 4. The minimum absolute atomic E-state index is 0.0517. The van der Waals surface area contributed by atoms with Gasteiger partial charge >= 0.3 is 13.8 Å². The Bertz CT molecular complexity index is 882. The number of phosphoric ester groups is 1.